The molecule has 0 fully saturated rings. The van der Waals surface area contributed by atoms with Crippen LogP contribution in [0.4, 0.5) is 17.1 Å². The van der Waals surface area contributed by atoms with Crippen LogP contribution in [0.2, 0.25) is 0 Å². The van der Waals surface area contributed by atoms with Crippen molar-refractivity contribution in [2.45, 2.75) is 26.7 Å². The summed E-state index contributed by atoms with van der Waals surface area (Å²) in [6, 6.07) is 27.3. The molecule has 2 aliphatic carbocycles. The fourth-order valence-electron chi connectivity index (χ4n) is 5.61. The molecular weight excluding hydrogens is 687 g/mol. The summed E-state index contributed by atoms with van der Waals surface area (Å²) < 4.78 is 0. The fraction of sp³-hybridized carbons (Fsp3) is 0.128. The van der Waals surface area contributed by atoms with Crippen molar-refractivity contribution in [3.8, 4) is 0 Å². The first kappa shape index (κ1) is 37.8. The minimum Gasteiger partial charge on any atom is -0.369 e. The molecule has 0 aromatic heterocycles. The third-order valence-electron chi connectivity index (χ3n) is 8.47. The molecule has 0 spiro atoms. The Balaban J connectivity index is 0.000000210. The smallest absolute Gasteiger partial charge is 0.273 e. The summed E-state index contributed by atoms with van der Waals surface area (Å²) in [4.78, 5) is 39.6. The van der Waals surface area contributed by atoms with E-state index < -0.39 is 4.92 Å². The summed E-state index contributed by atoms with van der Waals surface area (Å²) in [5.41, 5.74) is 27.8. The molecule has 0 atom stereocenters. The number of anilines is 2. The number of amides is 2. The van der Waals surface area contributed by atoms with Gasteiger partial charge in [0.25, 0.3) is 17.5 Å². The first-order valence-electron chi connectivity index (χ1n) is 16.7. The molecule has 0 heterocycles. The number of nitro groups is 1. The predicted octanol–water partition coefficient (Wildman–Crippen LogP) is 4.69. The van der Waals surface area contributed by atoms with Crippen LogP contribution in [0.15, 0.2) is 123 Å². The van der Waals surface area contributed by atoms with E-state index in [1.807, 2.05) is 73.7 Å². The van der Waals surface area contributed by atoms with Crippen molar-refractivity contribution in [2.24, 2.45) is 37.5 Å². The van der Waals surface area contributed by atoms with E-state index in [0.29, 0.717) is 45.1 Å². The molecule has 274 valence electrons. The normalized spacial score (nSPS) is 13.3. The number of carbonyl (C=O) groups excluding carboxylic acids is 2. The molecule has 0 aliphatic heterocycles. The van der Waals surface area contributed by atoms with E-state index in [4.69, 9.17) is 17.2 Å². The third kappa shape index (κ3) is 9.46. The van der Waals surface area contributed by atoms with Gasteiger partial charge in [-0.1, -0.05) is 66.7 Å². The van der Waals surface area contributed by atoms with E-state index in [0.717, 1.165) is 23.1 Å². The van der Waals surface area contributed by atoms with Crippen molar-refractivity contribution in [1.29, 1.82) is 0 Å². The quantitative estimate of drug-likeness (QED) is 0.0610. The second kappa shape index (κ2) is 17.2. The molecule has 15 nitrogen and oxygen atoms in total. The Bertz CT molecular complexity index is 2270. The second-order valence-corrected chi connectivity index (χ2v) is 12.1. The maximum Gasteiger partial charge on any atom is 0.273 e. The Kier molecular flexibility index (Phi) is 12.0. The minimum absolute atomic E-state index is 0.0306. The van der Waals surface area contributed by atoms with Gasteiger partial charge in [-0.15, -0.1) is 5.10 Å². The van der Waals surface area contributed by atoms with E-state index >= 15 is 0 Å². The Morgan fingerprint density at radius 2 is 1.41 bits per heavy atom. The largest absolute Gasteiger partial charge is 0.369 e. The summed E-state index contributed by atoms with van der Waals surface area (Å²) >= 11 is 0. The molecule has 0 saturated carbocycles. The van der Waals surface area contributed by atoms with Crippen molar-refractivity contribution in [3.63, 3.8) is 0 Å². The lowest BCUT2D eigenvalue weighted by atomic mass is 10.1. The first-order valence-corrected chi connectivity index (χ1v) is 16.7. The lowest BCUT2D eigenvalue weighted by Crippen LogP contribution is -2.27. The highest BCUT2D eigenvalue weighted by Crippen LogP contribution is 2.33. The van der Waals surface area contributed by atoms with Crippen LogP contribution in [0.3, 0.4) is 0 Å². The van der Waals surface area contributed by atoms with Crippen LogP contribution in [0.25, 0.3) is 11.6 Å². The molecule has 0 radical (unpaired) electrons. The lowest BCUT2D eigenvalue weighted by Gasteiger charge is -2.08. The molecule has 15 heteroatoms. The molecule has 0 saturated heterocycles. The van der Waals surface area contributed by atoms with Gasteiger partial charge in [0.05, 0.1) is 16.3 Å². The third-order valence-corrected chi connectivity index (χ3v) is 8.47. The molecular formula is C39H39N11O4. The summed E-state index contributed by atoms with van der Waals surface area (Å²) in [5, 5.41) is 28.6. The zero-order chi connectivity index (χ0) is 38.8. The van der Waals surface area contributed by atoms with Gasteiger partial charge in [-0.2, -0.15) is 10.2 Å². The summed E-state index contributed by atoms with van der Waals surface area (Å²) in [6.45, 7) is 3.62. The fourth-order valence-corrected chi connectivity index (χ4v) is 5.61. The van der Waals surface area contributed by atoms with Crippen LogP contribution in [0, 0.1) is 10.1 Å². The van der Waals surface area contributed by atoms with Crippen LogP contribution in [0.5, 0.6) is 0 Å². The molecule has 2 amide bonds. The average Bonchev–Trinajstić information content (AvgIpc) is 3.82. The van der Waals surface area contributed by atoms with Gasteiger partial charge in [0.1, 0.15) is 0 Å². The number of aliphatic imine (C=N–C) groups is 1. The van der Waals surface area contributed by atoms with Gasteiger partial charge >= 0.3 is 0 Å². The number of fused-ring (bicyclic) bond motifs is 2. The number of hydrogen-bond acceptors (Lipinski definition) is 8. The van der Waals surface area contributed by atoms with Gasteiger partial charge in [0, 0.05) is 47.6 Å². The molecule has 6 rings (SSSR count). The standard InChI is InChI=1S/C20H20N6O3.C19H19N5O/c1-12(24-25-20(21)22-2)13-6-8-16(9-7-13)23-19(27)15-10-14-4-3-5-18(26(28)29)17(14)11-15;1-12(23-24-19(20)21)13-6-9-15(10-7-13)22-18(25)17-11-8-14-4-2-3-5-16(14)17/h3-10H,11H2,1-2H3,(H,23,27)(H3,21,22,25);2-7,9-11H,8H2,1H3,(H,22,25)(H4,20,21,24)/b24-12+;23-12+. The number of guanidine groups is 2. The van der Waals surface area contributed by atoms with E-state index in [1.165, 1.54) is 11.6 Å². The topological polar surface area (TPSA) is 241 Å². The zero-order valence-corrected chi connectivity index (χ0v) is 29.8. The molecule has 0 unspecified atom stereocenters. The van der Waals surface area contributed by atoms with E-state index in [-0.39, 0.29) is 35.8 Å². The molecule has 2 aliphatic rings. The van der Waals surface area contributed by atoms with Crippen molar-refractivity contribution in [1.82, 2.24) is 5.43 Å². The van der Waals surface area contributed by atoms with Crippen LogP contribution in [-0.4, -0.2) is 47.1 Å². The summed E-state index contributed by atoms with van der Waals surface area (Å²) in [7, 11) is 1.56. The Hall–Kier alpha value is -7.42. The maximum absolute atomic E-state index is 12.6. The van der Waals surface area contributed by atoms with Gasteiger partial charge in [-0.05, 0) is 78.4 Å². The number of nitrogens with one attached hydrogen (secondary N) is 3. The van der Waals surface area contributed by atoms with Crippen molar-refractivity contribution in [2.75, 3.05) is 17.7 Å². The Morgan fingerprint density at radius 3 is 2.04 bits per heavy atom. The molecule has 9 N–H and O–H groups in total. The van der Waals surface area contributed by atoms with Crippen LogP contribution in [0.1, 0.15) is 47.2 Å². The average molecular weight is 726 g/mol. The van der Waals surface area contributed by atoms with Crippen LogP contribution < -0.4 is 33.3 Å². The predicted molar refractivity (Wildman–Crippen MR) is 214 cm³/mol. The molecule has 54 heavy (non-hydrogen) atoms. The number of carbonyl (C=O) groups is 2. The van der Waals surface area contributed by atoms with E-state index in [1.54, 1.807) is 44.3 Å². The zero-order valence-electron chi connectivity index (χ0n) is 29.8. The molecule has 4 aromatic carbocycles. The number of nitrogens with two attached hydrogens (primary N) is 3. The van der Waals surface area contributed by atoms with Crippen molar-refractivity contribution < 1.29 is 14.5 Å². The number of hydrazone groups is 1. The Labute approximate surface area is 311 Å². The number of allylic oxidation sites excluding steroid dienone is 1. The SMILES string of the molecule is C/C(=N\N=C(N)N)c1ccc(NC(=O)C2=CCc3ccccc32)cc1.CN=C(N)N/N=C(\C)c1ccc(NC(=O)C2=Cc3cccc([N+](=O)[O-])c3C2)cc1. The summed E-state index contributed by atoms with van der Waals surface area (Å²) in [5.74, 6) is -0.279. The monoisotopic (exact) mass is 725 g/mol. The van der Waals surface area contributed by atoms with Crippen molar-refractivity contribution >= 4 is 63.9 Å². The van der Waals surface area contributed by atoms with Crippen LogP contribution in [-0.2, 0) is 22.4 Å². The Morgan fingerprint density at radius 1 is 0.778 bits per heavy atom. The number of hydrogen-bond donors (Lipinski definition) is 6. The van der Waals surface area contributed by atoms with E-state index in [9.17, 15) is 19.7 Å². The number of nitrogens with zero attached hydrogens (tertiary/aromatic N) is 5. The highest BCUT2D eigenvalue weighted by atomic mass is 16.6. The van der Waals surface area contributed by atoms with Crippen molar-refractivity contribution in [3.05, 3.63) is 146 Å². The second-order valence-electron chi connectivity index (χ2n) is 12.1. The number of benzene rings is 4. The number of rotatable bonds is 9. The van der Waals surface area contributed by atoms with Gasteiger partial charge < -0.3 is 27.8 Å². The number of nitro benzene ring substituents is 1. The summed E-state index contributed by atoms with van der Waals surface area (Å²) in [6.07, 6.45) is 4.67. The lowest BCUT2D eigenvalue weighted by molar-refractivity contribution is -0.385. The molecule has 4 aromatic rings. The first-order chi connectivity index (χ1) is 25.9. The van der Waals surface area contributed by atoms with Gasteiger partial charge in [0.15, 0.2) is 0 Å². The molecule has 0 bridgehead atoms. The van der Waals surface area contributed by atoms with Gasteiger partial charge in [-0.3, -0.25) is 24.7 Å². The van der Waals surface area contributed by atoms with Crippen LogP contribution >= 0.6 is 0 Å². The van der Waals surface area contributed by atoms with Gasteiger partial charge in [0.2, 0.25) is 11.9 Å². The maximum atomic E-state index is 12.6. The van der Waals surface area contributed by atoms with E-state index in [2.05, 4.69) is 36.4 Å². The highest BCUT2D eigenvalue weighted by Gasteiger charge is 2.26. The van der Waals surface area contributed by atoms with Gasteiger partial charge in [-0.25, -0.2) is 5.43 Å². The minimum atomic E-state index is -0.426. The highest BCUT2D eigenvalue weighted by molar-refractivity contribution is 6.26.